The molecule has 332 valence electrons. The molecule has 0 aliphatic rings. The lowest BCUT2D eigenvalue weighted by atomic mass is 10.0. The minimum absolute atomic E-state index is 0.0663. The van der Waals surface area contributed by atoms with Gasteiger partial charge in [-0.1, -0.05) is 205 Å². The fourth-order valence-electron chi connectivity index (χ4n) is 6.92. The zero-order valence-electron chi connectivity index (χ0n) is 37.6. The van der Waals surface area contributed by atoms with E-state index in [0.717, 1.165) is 32.1 Å². The lowest BCUT2D eigenvalue weighted by Crippen LogP contribution is -2.46. The number of carbonyl (C=O) groups excluding carboxylic acids is 1. The Kier molecular flexibility index (Phi) is 38.7. The molecular formula is C47H94N2O6P+. The molecule has 9 heteroatoms. The first-order valence-corrected chi connectivity index (χ1v) is 25.2. The van der Waals surface area contributed by atoms with Gasteiger partial charge in [-0.2, -0.15) is 0 Å². The van der Waals surface area contributed by atoms with E-state index in [9.17, 15) is 19.4 Å². The van der Waals surface area contributed by atoms with Gasteiger partial charge >= 0.3 is 7.82 Å². The number of aliphatic hydroxyl groups excluding tert-OH is 1. The van der Waals surface area contributed by atoms with Gasteiger partial charge in [0.05, 0.1) is 39.9 Å². The number of carbonyl (C=O) groups is 1. The summed E-state index contributed by atoms with van der Waals surface area (Å²) < 4.78 is 23.6. The van der Waals surface area contributed by atoms with Crippen LogP contribution < -0.4 is 5.32 Å². The molecule has 0 aliphatic heterocycles. The predicted molar refractivity (Wildman–Crippen MR) is 240 cm³/mol. The van der Waals surface area contributed by atoms with Gasteiger partial charge in [-0.3, -0.25) is 13.8 Å². The van der Waals surface area contributed by atoms with Gasteiger partial charge in [-0.05, 0) is 32.1 Å². The Morgan fingerprint density at radius 2 is 1.02 bits per heavy atom. The van der Waals surface area contributed by atoms with E-state index in [0.29, 0.717) is 23.9 Å². The molecule has 0 spiro atoms. The number of aliphatic hydroxyl groups is 1. The quantitative estimate of drug-likeness (QED) is 0.0245. The average Bonchev–Trinajstić information content (AvgIpc) is 3.15. The Morgan fingerprint density at radius 1 is 0.607 bits per heavy atom. The van der Waals surface area contributed by atoms with E-state index in [1.54, 1.807) is 0 Å². The van der Waals surface area contributed by atoms with Crippen LogP contribution >= 0.6 is 7.82 Å². The molecule has 0 radical (unpaired) electrons. The third-order valence-corrected chi connectivity index (χ3v) is 11.7. The fraction of sp³-hybridized carbons (Fsp3) is 0.894. The van der Waals surface area contributed by atoms with Crippen molar-refractivity contribution in [2.24, 2.45) is 0 Å². The van der Waals surface area contributed by atoms with Crippen molar-refractivity contribution >= 4 is 13.7 Å². The van der Waals surface area contributed by atoms with E-state index in [4.69, 9.17) is 9.05 Å². The van der Waals surface area contributed by atoms with Crippen molar-refractivity contribution in [3.05, 3.63) is 24.3 Å². The Bertz CT molecular complexity index is 969. The Hall–Kier alpha value is -1.02. The van der Waals surface area contributed by atoms with Crippen LogP contribution in [-0.4, -0.2) is 73.4 Å². The number of phosphoric acid groups is 1. The van der Waals surface area contributed by atoms with Crippen LogP contribution in [0.5, 0.6) is 0 Å². The number of hydrogen-bond donors (Lipinski definition) is 3. The van der Waals surface area contributed by atoms with Crippen molar-refractivity contribution in [1.82, 2.24) is 5.32 Å². The summed E-state index contributed by atoms with van der Waals surface area (Å²) in [4.78, 5) is 23.1. The van der Waals surface area contributed by atoms with Crippen molar-refractivity contribution in [3.8, 4) is 0 Å². The molecule has 0 bridgehead atoms. The van der Waals surface area contributed by atoms with E-state index >= 15 is 0 Å². The first-order chi connectivity index (χ1) is 27.0. The summed E-state index contributed by atoms with van der Waals surface area (Å²) in [5, 5.41) is 13.9. The third-order valence-electron chi connectivity index (χ3n) is 10.7. The molecule has 0 aromatic carbocycles. The molecular weight excluding hydrogens is 719 g/mol. The number of unbranched alkanes of at least 4 members (excludes halogenated alkanes) is 26. The van der Waals surface area contributed by atoms with Gasteiger partial charge in [-0.25, -0.2) is 4.57 Å². The molecule has 0 rings (SSSR count). The SMILES string of the molecule is CCCCCCCC/C=C\C/C=C\CCC(=O)NC(COP(=O)(O)OCC[N+](C)(C)C)C(O)CCCCCCCCCCCCCCCCCCCCCCC. The van der Waals surface area contributed by atoms with Gasteiger partial charge in [-0.15, -0.1) is 0 Å². The molecule has 1 amide bonds. The van der Waals surface area contributed by atoms with Crippen LogP contribution in [0.3, 0.4) is 0 Å². The number of hydrogen-bond acceptors (Lipinski definition) is 5. The second-order valence-electron chi connectivity index (χ2n) is 17.5. The van der Waals surface area contributed by atoms with Gasteiger partial charge in [0.2, 0.25) is 5.91 Å². The monoisotopic (exact) mass is 814 g/mol. The second kappa shape index (κ2) is 39.4. The van der Waals surface area contributed by atoms with E-state index in [2.05, 4.69) is 37.4 Å². The first kappa shape index (κ1) is 55.0. The maximum atomic E-state index is 12.8. The molecule has 0 heterocycles. The Labute approximate surface area is 347 Å². The van der Waals surface area contributed by atoms with E-state index in [-0.39, 0.29) is 25.5 Å². The van der Waals surface area contributed by atoms with Crippen LogP contribution in [0.4, 0.5) is 0 Å². The number of quaternary nitrogens is 1. The van der Waals surface area contributed by atoms with Gasteiger partial charge in [0.15, 0.2) is 0 Å². The van der Waals surface area contributed by atoms with Crippen LogP contribution in [0.2, 0.25) is 0 Å². The summed E-state index contributed by atoms with van der Waals surface area (Å²) in [6, 6.07) is -0.788. The number of likely N-dealkylation sites (N-methyl/N-ethyl adjacent to an activating group) is 1. The second-order valence-corrected chi connectivity index (χ2v) is 18.9. The van der Waals surface area contributed by atoms with E-state index in [1.165, 1.54) is 154 Å². The van der Waals surface area contributed by atoms with E-state index < -0.39 is 20.0 Å². The summed E-state index contributed by atoms with van der Waals surface area (Å²) in [5.41, 5.74) is 0. The predicted octanol–water partition coefficient (Wildman–Crippen LogP) is 13.3. The van der Waals surface area contributed by atoms with Crippen LogP contribution in [-0.2, 0) is 18.4 Å². The number of amides is 1. The summed E-state index contributed by atoms with van der Waals surface area (Å²) in [5.74, 6) is -0.210. The number of nitrogens with zero attached hydrogens (tertiary/aromatic N) is 1. The van der Waals surface area contributed by atoms with Gasteiger partial charge in [0.25, 0.3) is 0 Å². The normalized spacial score (nSPS) is 14.5. The highest BCUT2D eigenvalue weighted by atomic mass is 31.2. The molecule has 0 saturated heterocycles. The van der Waals surface area contributed by atoms with Crippen LogP contribution in [0.15, 0.2) is 24.3 Å². The molecule has 0 saturated carbocycles. The summed E-state index contributed by atoms with van der Waals surface area (Å²) in [7, 11) is 1.59. The van der Waals surface area contributed by atoms with Crippen LogP contribution in [0.1, 0.15) is 219 Å². The summed E-state index contributed by atoms with van der Waals surface area (Å²) in [6.07, 6.45) is 46.6. The largest absolute Gasteiger partial charge is 0.472 e. The molecule has 0 fully saturated rings. The molecule has 3 atom stereocenters. The molecule has 8 nitrogen and oxygen atoms in total. The van der Waals surface area contributed by atoms with Crippen molar-refractivity contribution in [1.29, 1.82) is 0 Å². The number of rotatable bonds is 43. The Morgan fingerprint density at radius 3 is 1.46 bits per heavy atom. The maximum Gasteiger partial charge on any atom is 0.472 e. The lowest BCUT2D eigenvalue weighted by Gasteiger charge is -2.26. The standard InChI is InChI=1S/C47H93N2O6P/c1-6-8-10-12-14-16-18-20-21-22-23-24-25-26-27-29-30-32-34-36-38-40-46(50)45(44-55-56(52,53)54-43-42-49(3,4)5)48-47(51)41-39-37-35-33-31-28-19-17-15-13-11-9-7-2/h28,31,35,37,45-46,50H,6-27,29-30,32-34,36,38-44H2,1-5H3,(H-,48,51,52,53)/p+1/b31-28-,37-35-. The highest BCUT2D eigenvalue weighted by Crippen LogP contribution is 2.43. The van der Waals surface area contributed by atoms with E-state index in [1.807, 2.05) is 27.2 Å². The van der Waals surface area contributed by atoms with Gasteiger partial charge in [0, 0.05) is 6.42 Å². The smallest absolute Gasteiger partial charge is 0.391 e. The molecule has 56 heavy (non-hydrogen) atoms. The number of nitrogens with one attached hydrogen (secondary N) is 1. The van der Waals surface area contributed by atoms with Gasteiger partial charge in [0.1, 0.15) is 13.2 Å². The summed E-state index contributed by atoms with van der Waals surface area (Å²) in [6.45, 7) is 4.85. The molecule has 3 N–H and O–H groups in total. The molecule has 0 aliphatic carbocycles. The topological polar surface area (TPSA) is 105 Å². The zero-order chi connectivity index (χ0) is 41.4. The third kappa shape index (κ3) is 41.2. The highest BCUT2D eigenvalue weighted by molar-refractivity contribution is 7.47. The minimum Gasteiger partial charge on any atom is -0.391 e. The zero-order valence-corrected chi connectivity index (χ0v) is 38.5. The molecule has 0 aromatic heterocycles. The highest BCUT2D eigenvalue weighted by Gasteiger charge is 2.28. The maximum absolute atomic E-state index is 12.8. The van der Waals surface area contributed by atoms with Crippen molar-refractivity contribution in [2.45, 2.75) is 231 Å². The number of phosphoric ester groups is 1. The molecule has 0 aromatic rings. The minimum atomic E-state index is -4.33. The van der Waals surface area contributed by atoms with Crippen molar-refractivity contribution < 1.29 is 32.9 Å². The van der Waals surface area contributed by atoms with Crippen molar-refractivity contribution in [3.63, 3.8) is 0 Å². The fourth-order valence-corrected chi connectivity index (χ4v) is 7.66. The van der Waals surface area contributed by atoms with Crippen LogP contribution in [0.25, 0.3) is 0 Å². The number of allylic oxidation sites excluding steroid dienone is 4. The average molecular weight is 814 g/mol. The Balaban J connectivity index is 4.32. The summed E-state index contributed by atoms with van der Waals surface area (Å²) >= 11 is 0. The first-order valence-electron chi connectivity index (χ1n) is 23.7. The van der Waals surface area contributed by atoms with Crippen molar-refractivity contribution in [2.75, 3.05) is 40.9 Å². The van der Waals surface area contributed by atoms with Crippen LogP contribution in [0, 0.1) is 0 Å². The lowest BCUT2D eigenvalue weighted by molar-refractivity contribution is -0.870. The molecule has 3 unspecified atom stereocenters. The van der Waals surface area contributed by atoms with Gasteiger partial charge < -0.3 is 19.8 Å².